The molecule has 1 heterocycles. The Kier molecular flexibility index (Phi) is 3.27. The SMILES string of the molecule is Nc1cc(Cl)cc(C(=O)c2ccc3c(c2)NC(=O)CO3)c1. The smallest absolute Gasteiger partial charge is 0.262 e. The van der Waals surface area contributed by atoms with E-state index in [2.05, 4.69) is 5.32 Å². The van der Waals surface area contributed by atoms with Crippen LogP contribution >= 0.6 is 11.6 Å². The molecule has 6 heteroatoms. The Bertz CT molecular complexity index is 738. The summed E-state index contributed by atoms with van der Waals surface area (Å²) in [5.74, 6) is 0.0580. The lowest BCUT2D eigenvalue weighted by atomic mass is 10.0. The molecule has 3 rings (SSSR count). The van der Waals surface area contributed by atoms with Crippen molar-refractivity contribution in [2.75, 3.05) is 17.7 Å². The Morgan fingerprint density at radius 2 is 2.00 bits per heavy atom. The van der Waals surface area contributed by atoms with Crippen LogP contribution in [0.5, 0.6) is 5.75 Å². The number of nitrogens with one attached hydrogen (secondary N) is 1. The van der Waals surface area contributed by atoms with Gasteiger partial charge in [0.2, 0.25) is 0 Å². The standard InChI is InChI=1S/C15H11ClN2O3/c16-10-3-9(4-11(17)6-10)15(20)8-1-2-13-12(5-8)18-14(19)7-21-13/h1-6H,7,17H2,(H,18,19). The molecule has 3 N–H and O–H groups in total. The van der Waals surface area contributed by atoms with Crippen LogP contribution in [0.1, 0.15) is 15.9 Å². The first-order chi connectivity index (χ1) is 10.0. The van der Waals surface area contributed by atoms with Gasteiger partial charge in [-0.25, -0.2) is 0 Å². The molecule has 0 saturated carbocycles. The first-order valence-corrected chi connectivity index (χ1v) is 6.58. The van der Waals surface area contributed by atoms with Gasteiger partial charge in [0.25, 0.3) is 5.91 Å². The van der Waals surface area contributed by atoms with Gasteiger partial charge in [-0.15, -0.1) is 0 Å². The van der Waals surface area contributed by atoms with Crippen molar-refractivity contribution in [3.05, 3.63) is 52.5 Å². The molecule has 0 spiro atoms. The molecule has 0 bridgehead atoms. The van der Waals surface area contributed by atoms with Crippen molar-refractivity contribution in [1.82, 2.24) is 0 Å². The number of hydrogen-bond acceptors (Lipinski definition) is 4. The first-order valence-electron chi connectivity index (χ1n) is 6.20. The van der Waals surface area contributed by atoms with E-state index in [1.807, 2.05) is 0 Å². The number of fused-ring (bicyclic) bond motifs is 1. The number of amides is 1. The van der Waals surface area contributed by atoms with Gasteiger partial charge in [-0.3, -0.25) is 9.59 Å². The largest absolute Gasteiger partial charge is 0.482 e. The van der Waals surface area contributed by atoms with Crippen molar-refractivity contribution in [1.29, 1.82) is 0 Å². The van der Waals surface area contributed by atoms with Crippen molar-refractivity contribution in [3.63, 3.8) is 0 Å². The number of ether oxygens (including phenoxy) is 1. The van der Waals surface area contributed by atoms with Crippen LogP contribution in [-0.4, -0.2) is 18.3 Å². The number of benzene rings is 2. The fourth-order valence-electron chi connectivity index (χ4n) is 2.13. The summed E-state index contributed by atoms with van der Waals surface area (Å²) in [5, 5.41) is 3.06. The highest BCUT2D eigenvalue weighted by atomic mass is 35.5. The van der Waals surface area contributed by atoms with E-state index >= 15 is 0 Å². The molecule has 0 aliphatic carbocycles. The molecule has 0 radical (unpaired) electrons. The molecule has 1 aliphatic heterocycles. The summed E-state index contributed by atoms with van der Waals surface area (Å²) in [7, 11) is 0. The molecule has 5 nitrogen and oxygen atoms in total. The van der Waals surface area contributed by atoms with E-state index in [0.717, 1.165) is 0 Å². The van der Waals surface area contributed by atoms with Crippen LogP contribution in [0.3, 0.4) is 0 Å². The van der Waals surface area contributed by atoms with E-state index in [4.69, 9.17) is 22.1 Å². The van der Waals surface area contributed by atoms with Crippen LogP contribution in [0.15, 0.2) is 36.4 Å². The van der Waals surface area contributed by atoms with Gasteiger partial charge in [0, 0.05) is 21.8 Å². The molecule has 2 aromatic carbocycles. The normalized spacial score (nSPS) is 13.1. The molecule has 0 fully saturated rings. The summed E-state index contributed by atoms with van der Waals surface area (Å²) in [6.07, 6.45) is 0. The third-order valence-corrected chi connectivity index (χ3v) is 3.28. The second kappa shape index (κ2) is 5.10. The third-order valence-electron chi connectivity index (χ3n) is 3.06. The van der Waals surface area contributed by atoms with Crippen LogP contribution in [0, 0.1) is 0 Å². The van der Waals surface area contributed by atoms with Gasteiger partial charge in [0.15, 0.2) is 12.4 Å². The van der Waals surface area contributed by atoms with E-state index in [0.29, 0.717) is 33.3 Å². The maximum atomic E-state index is 12.5. The predicted octanol–water partition coefficient (Wildman–Crippen LogP) is 2.48. The molecule has 0 unspecified atom stereocenters. The Balaban J connectivity index is 1.98. The van der Waals surface area contributed by atoms with Crippen LogP contribution in [0.25, 0.3) is 0 Å². The van der Waals surface area contributed by atoms with Gasteiger partial charge in [-0.05, 0) is 36.4 Å². The topological polar surface area (TPSA) is 81.4 Å². The molecule has 0 atom stereocenters. The van der Waals surface area contributed by atoms with Gasteiger partial charge < -0.3 is 15.8 Å². The van der Waals surface area contributed by atoms with Crippen LogP contribution in [0.2, 0.25) is 5.02 Å². The van der Waals surface area contributed by atoms with Gasteiger partial charge >= 0.3 is 0 Å². The van der Waals surface area contributed by atoms with Gasteiger partial charge in [0.05, 0.1) is 5.69 Å². The average Bonchev–Trinajstić information content (AvgIpc) is 2.44. The number of nitrogens with two attached hydrogens (primary N) is 1. The average molecular weight is 303 g/mol. The summed E-state index contributed by atoms with van der Waals surface area (Å²) in [6, 6.07) is 9.54. The highest BCUT2D eigenvalue weighted by Gasteiger charge is 2.18. The number of halogens is 1. The number of ketones is 1. The number of carbonyl (C=O) groups is 2. The predicted molar refractivity (Wildman–Crippen MR) is 79.9 cm³/mol. The zero-order valence-corrected chi connectivity index (χ0v) is 11.6. The van der Waals surface area contributed by atoms with Gasteiger partial charge in [-0.2, -0.15) is 0 Å². The molecule has 0 saturated heterocycles. The molecular weight excluding hydrogens is 292 g/mol. The van der Waals surface area contributed by atoms with Crippen molar-refractivity contribution < 1.29 is 14.3 Å². The Labute approximate surface area is 125 Å². The lowest BCUT2D eigenvalue weighted by molar-refractivity contribution is -0.118. The number of anilines is 2. The van der Waals surface area contributed by atoms with Crippen molar-refractivity contribution in [3.8, 4) is 5.75 Å². The molecular formula is C15H11ClN2O3. The lowest BCUT2D eigenvalue weighted by Gasteiger charge is -2.18. The fraction of sp³-hybridized carbons (Fsp3) is 0.0667. The minimum absolute atomic E-state index is 0.0227. The summed E-state index contributed by atoms with van der Waals surface area (Å²) in [4.78, 5) is 23.8. The summed E-state index contributed by atoms with van der Waals surface area (Å²) >= 11 is 5.91. The zero-order valence-electron chi connectivity index (χ0n) is 10.9. The minimum Gasteiger partial charge on any atom is -0.482 e. The summed E-state index contributed by atoms with van der Waals surface area (Å²) in [6.45, 7) is -0.0227. The maximum Gasteiger partial charge on any atom is 0.262 e. The van der Waals surface area contributed by atoms with Crippen molar-refractivity contribution in [2.45, 2.75) is 0 Å². The second-order valence-electron chi connectivity index (χ2n) is 4.65. The van der Waals surface area contributed by atoms with Gasteiger partial charge in [0.1, 0.15) is 5.75 Å². The van der Waals surface area contributed by atoms with E-state index in [9.17, 15) is 9.59 Å². The first kappa shape index (κ1) is 13.5. The highest BCUT2D eigenvalue weighted by Crippen LogP contribution is 2.29. The number of carbonyl (C=O) groups excluding carboxylic acids is 2. The quantitative estimate of drug-likeness (QED) is 0.659. The Morgan fingerprint density at radius 1 is 1.19 bits per heavy atom. The Hall–Kier alpha value is -2.53. The molecule has 1 aliphatic rings. The van der Waals surface area contributed by atoms with Crippen LogP contribution in [0.4, 0.5) is 11.4 Å². The van der Waals surface area contributed by atoms with Crippen LogP contribution in [-0.2, 0) is 4.79 Å². The summed E-state index contributed by atoms with van der Waals surface area (Å²) < 4.78 is 5.25. The molecule has 0 aromatic heterocycles. The van der Waals surface area contributed by atoms with E-state index < -0.39 is 0 Å². The monoisotopic (exact) mass is 302 g/mol. The van der Waals surface area contributed by atoms with E-state index in [-0.39, 0.29) is 18.3 Å². The molecule has 21 heavy (non-hydrogen) atoms. The zero-order chi connectivity index (χ0) is 15.0. The Morgan fingerprint density at radius 3 is 2.76 bits per heavy atom. The second-order valence-corrected chi connectivity index (χ2v) is 5.09. The number of rotatable bonds is 2. The fourth-order valence-corrected chi connectivity index (χ4v) is 2.38. The number of nitrogen functional groups attached to an aromatic ring is 1. The number of hydrogen-bond donors (Lipinski definition) is 2. The maximum absolute atomic E-state index is 12.5. The third kappa shape index (κ3) is 2.68. The van der Waals surface area contributed by atoms with Crippen molar-refractivity contribution >= 4 is 34.7 Å². The van der Waals surface area contributed by atoms with Crippen LogP contribution < -0.4 is 15.8 Å². The highest BCUT2D eigenvalue weighted by molar-refractivity contribution is 6.31. The minimum atomic E-state index is -0.251. The molecule has 2 aromatic rings. The molecule has 1 amide bonds. The van der Waals surface area contributed by atoms with E-state index in [1.54, 1.807) is 36.4 Å². The molecule has 106 valence electrons. The summed E-state index contributed by atoms with van der Waals surface area (Å²) in [5.41, 5.74) is 7.40. The van der Waals surface area contributed by atoms with Gasteiger partial charge in [-0.1, -0.05) is 11.6 Å². The van der Waals surface area contributed by atoms with E-state index in [1.165, 1.54) is 0 Å². The lowest BCUT2D eigenvalue weighted by Crippen LogP contribution is -2.25. The van der Waals surface area contributed by atoms with Crippen molar-refractivity contribution in [2.24, 2.45) is 0 Å².